The van der Waals surface area contributed by atoms with Crippen LogP contribution in [0, 0.1) is 0 Å². The predicted molar refractivity (Wildman–Crippen MR) is 121 cm³/mol. The first-order valence-electron chi connectivity index (χ1n) is 10.4. The molecule has 2 aliphatic rings. The van der Waals surface area contributed by atoms with E-state index in [4.69, 9.17) is 20.8 Å². The van der Waals surface area contributed by atoms with Crippen molar-refractivity contribution in [3.63, 3.8) is 0 Å². The minimum Gasteiger partial charge on any atom is -0.452 e. The van der Waals surface area contributed by atoms with Crippen molar-refractivity contribution in [2.45, 2.75) is 37.2 Å². The number of hydrogen-bond donors (Lipinski definition) is 0. The normalized spacial score (nSPS) is 16.9. The average Bonchev–Trinajstić information content (AvgIpc) is 3.16. The standard InChI is InChI=1S/C22H19ClN4O5S/c23-16-8-5-14(6-9-16)21-25-24-20(32-21)13-31-22(28)15-7-10-17-18(12-15)33(29,30)26-19-4-2-1-3-11-27(17)19/h5-10,12H,1-4,11,13H2. The molecule has 0 N–H and O–H groups in total. The van der Waals surface area contributed by atoms with Crippen LogP contribution in [0.1, 0.15) is 41.9 Å². The molecular weight excluding hydrogens is 468 g/mol. The molecule has 33 heavy (non-hydrogen) atoms. The second-order valence-corrected chi connectivity index (χ2v) is 9.72. The lowest BCUT2D eigenvalue weighted by atomic mass is 10.2. The monoisotopic (exact) mass is 486 g/mol. The van der Waals surface area contributed by atoms with Gasteiger partial charge in [-0.25, -0.2) is 4.79 Å². The molecule has 2 aromatic carbocycles. The van der Waals surface area contributed by atoms with E-state index in [9.17, 15) is 13.2 Å². The minimum atomic E-state index is -3.89. The van der Waals surface area contributed by atoms with Gasteiger partial charge in [0.1, 0.15) is 10.7 Å². The van der Waals surface area contributed by atoms with Gasteiger partial charge >= 0.3 is 5.97 Å². The highest BCUT2D eigenvalue weighted by molar-refractivity contribution is 7.90. The molecule has 0 amide bonds. The molecule has 0 atom stereocenters. The molecule has 0 saturated carbocycles. The molecule has 3 aromatic rings. The van der Waals surface area contributed by atoms with Crippen LogP contribution in [0.15, 0.2) is 56.2 Å². The average molecular weight is 487 g/mol. The molecule has 0 bridgehead atoms. The van der Waals surface area contributed by atoms with E-state index in [-0.39, 0.29) is 28.8 Å². The lowest BCUT2D eigenvalue weighted by Gasteiger charge is -2.29. The largest absolute Gasteiger partial charge is 0.452 e. The van der Waals surface area contributed by atoms with Crippen LogP contribution in [0.2, 0.25) is 5.02 Å². The first-order valence-corrected chi connectivity index (χ1v) is 12.2. The SMILES string of the molecule is O=C(OCc1nnc(-c2ccc(Cl)cc2)o1)c1ccc2c(c1)S(=O)(=O)N=C1CCCCCN12. The van der Waals surface area contributed by atoms with Crippen molar-refractivity contribution in [1.82, 2.24) is 10.2 Å². The van der Waals surface area contributed by atoms with Gasteiger partial charge in [0.15, 0.2) is 6.61 Å². The lowest BCUT2D eigenvalue weighted by molar-refractivity contribution is 0.0438. The fourth-order valence-corrected chi connectivity index (χ4v) is 5.25. The molecule has 0 aliphatic carbocycles. The summed E-state index contributed by atoms with van der Waals surface area (Å²) < 4.78 is 40.3. The van der Waals surface area contributed by atoms with E-state index in [0.717, 1.165) is 19.3 Å². The van der Waals surface area contributed by atoms with Gasteiger partial charge in [0.2, 0.25) is 5.89 Å². The van der Waals surface area contributed by atoms with Gasteiger partial charge < -0.3 is 14.1 Å². The van der Waals surface area contributed by atoms with Crippen molar-refractivity contribution in [3.05, 3.63) is 58.9 Å². The second kappa shape index (κ2) is 8.60. The van der Waals surface area contributed by atoms with Crippen molar-refractivity contribution in [2.75, 3.05) is 11.4 Å². The number of carbonyl (C=O) groups excluding carboxylic acids is 1. The summed E-state index contributed by atoms with van der Waals surface area (Å²) in [6.45, 7) is 0.440. The van der Waals surface area contributed by atoms with Crippen molar-refractivity contribution < 1.29 is 22.4 Å². The van der Waals surface area contributed by atoms with E-state index < -0.39 is 16.0 Å². The van der Waals surface area contributed by atoms with Gasteiger partial charge in [-0.2, -0.15) is 8.42 Å². The van der Waals surface area contributed by atoms with Crippen LogP contribution in [0.4, 0.5) is 5.69 Å². The highest BCUT2D eigenvalue weighted by Crippen LogP contribution is 2.35. The van der Waals surface area contributed by atoms with Crippen LogP contribution in [-0.2, 0) is 21.4 Å². The summed E-state index contributed by atoms with van der Waals surface area (Å²) in [6, 6.07) is 11.4. The molecule has 11 heteroatoms. The zero-order chi connectivity index (χ0) is 23.0. The van der Waals surface area contributed by atoms with Crippen LogP contribution in [-0.4, -0.2) is 37.0 Å². The molecule has 0 unspecified atom stereocenters. The molecule has 2 aliphatic heterocycles. The Bertz CT molecular complexity index is 1350. The van der Waals surface area contributed by atoms with E-state index in [0.29, 0.717) is 35.1 Å². The number of esters is 1. The van der Waals surface area contributed by atoms with Crippen LogP contribution >= 0.6 is 11.6 Å². The van der Waals surface area contributed by atoms with Gasteiger partial charge in [-0.3, -0.25) is 0 Å². The summed E-state index contributed by atoms with van der Waals surface area (Å²) in [5.74, 6) is 0.231. The molecule has 1 fully saturated rings. The number of sulfonamides is 1. The Labute approximate surface area is 195 Å². The molecule has 170 valence electrons. The number of carbonyl (C=O) groups is 1. The number of halogens is 1. The Balaban J connectivity index is 1.32. The Hall–Kier alpha value is -3.24. The van der Waals surface area contributed by atoms with Gasteiger partial charge in [-0.15, -0.1) is 14.6 Å². The smallest absolute Gasteiger partial charge is 0.338 e. The summed E-state index contributed by atoms with van der Waals surface area (Å²) in [4.78, 5) is 14.5. The third-order valence-electron chi connectivity index (χ3n) is 5.47. The number of aromatic nitrogens is 2. The maximum Gasteiger partial charge on any atom is 0.338 e. The number of ether oxygens (including phenoxy) is 1. The quantitative estimate of drug-likeness (QED) is 0.503. The molecule has 0 radical (unpaired) electrons. The number of fused-ring (bicyclic) bond motifs is 3. The minimum absolute atomic E-state index is 0.00501. The van der Waals surface area contributed by atoms with Gasteiger partial charge in [-0.1, -0.05) is 18.0 Å². The highest BCUT2D eigenvalue weighted by Gasteiger charge is 2.32. The predicted octanol–water partition coefficient (Wildman–Crippen LogP) is 4.23. The third kappa shape index (κ3) is 4.36. The molecule has 3 heterocycles. The Morgan fingerprint density at radius 3 is 2.73 bits per heavy atom. The number of benzene rings is 2. The van der Waals surface area contributed by atoms with E-state index >= 15 is 0 Å². The summed E-state index contributed by atoms with van der Waals surface area (Å²) in [7, 11) is -3.89. The van der Waals surface area contributed by atoms with Crippen molar-refractivity contribution in [2.24, 2.45) is 4.40 Å². The summed E-state index contributed by atoms with van der Waals surface area (Å²) in [5, 5.41) is 8.40. The Morgan fingerprint density at radius 2 is 1.91 bits per heavy atom. The van der Waals surface area contributed by atoms with E-state index in [1.54, 1.807) is 36.4 Å². The van der Waals surface area contributed by atoms with E-state index in [1.165, 1.54) is 6.07 Å². The third-order valence-corrected chi connectivity index (χ3v) is 7.05. The zero-order valence-corrected chi connectivity index (χ0v) is 19.0. The van der Waals surface area contributed by atoms with Gasteiger partial charge in [0, 0.05) is 23.6 Å². The maximum absolute atomic E-state index is 12.7. The number of amidine groups is 1. The fraction of sp³-hybridized carbons (Fsp3) is 0.273. The Kier molecular flexibility index (Phi) is 5.63. The van der Waals surface area contributed by atoms with Crippen LogP contribution in [0.5, 0.6) is 0 Å². The van der Waals surface area contributed by atoms with Crippen molar-refractivity contribution >= 4 is 39.1 Å². The Morgan fingerprint density at radius 1 is 1.09 bits per heavy atom. The molecule has 1 aromatic heterocycles. The first kappa shape index (κ1) is 21.6. The number of nitrogens with zero attached hydrogens (tertiary/aromatic N) is 4. The topological polar surface area (TPSA) is 115 Å². The summed E-state index contributed by atoms with van der Waals surface area (Å²) >= 11 is 5.88. The van der Waals surface area contributed by atoms with E-state index in [2.05, 4.69) is 14.6 Å². The van der Waals surface area contributed by atoms with Crippen LogP contribution < -0.4 is 4.90 Å². The first-order chi connectivity index (χ1) is 15.9. The van der Waals surface area contributed by atoms with Crippen molar-refractivity contribution in [3.8, 4) is 11.5 Å². The van der Waals surface area contributed by atoms with Gasteiger partial charge in [0.25, 0.3) is 15.9 Å². The van der Waals surface area contributed by atoms with E-state index in [1.807, 2.05) is 4.90 Å². The van der Waals surface area contributed by atoms with Gasteiger partial charge in [0.05, 0.1) is 11.3 Å². The number of rotatable bonds is 4. The van der Waals surface area contributed by atoms with Gasteiger partial charge in [-0.05, 0) is 55.3 Å². The summed E-state index contributed by atoms with van der Waals surface area (Å²) in [5.41, 5.74) is 1.32. The molecular formula is C22H19ClN4O5S. The second-order valence-electron chi connectivity index (χ2n) is 7.71. The summed E-state index contributed by atoms with van der Waals surface area (Å²) in [6.07, 6.45) is 3.49. The highest BCUT2D eigenvalue weighted by atomic mass is 35.5. The van der Waals surface area contributed by atoms with Crippen LogP contribution in [0.3, 0.4) is 0 Å². The fourth-order valence-electron chi connectivity index (χ4n) is 3.84. The maximum atomic E-state index is 12.7. The van der Waals surface area contributed by atoms with Crippen LogP contribution in [0.25, 0.3) is 11.5 Å². The zero-order valence-electron chi connectivity index (χ0n) is 17.4. The molecule has 9 nitrogen and oxygen atoms in total. The molecule has 1 saturated heterocycles. The number of hydrogen-bond acceptors (Lipinski definition) is 8. The lowest BCUT2D eigenvalue weighted by Crippen LogP contribution is -2.35. The molecule has 5 rings (SSSR count). The number of anilines is 1. The van der Waals surface area contributed by atoms with Crippen molar-refractivity contribution in [1.29, 1.82) is 0 Å². The molecule has 0 spiro atoms.